The molecule has 0 fully saturated rings. The molecule has 0 saturated carbocycles. The van der Waals surface area contributed by atoms with Gasteiger partial charge in [0.1, 0.15) is 12.4 Å². The molecule has 0 bridgehead atoms. The number of aromatic nitrogens is 1. The van der Waals surface area contributed by atoms with Crippen LogP contribution in [0.2, 0.25) is 0 Å². The van der Waals surface area contributed by atoms with E-state index in [-0.39, 0.29) is 0 Å². The number of aryl methyl sites for hydroxylation is 1. The molecular weight excluding hydrogens is 282 g/mol. The normalized spacial score (nSPS) is 10.8. The maximum absolute atomic E-state index is 5.91. The highest BCUT2D eigenvalue weighted by Crippen LogP contribution is 2.21. The Kier molecular flexibility index (Phi) is 4.07. The maximum Gasteiger partial charge on any atom is 0.120 e. The highest BCUT2D eigenvalue weighted by molar-refractivity contribution is 6.17. The second-order valence-corrected chi connectivity index (χ2v) is 5.28. The van der Waals surface area contributed by atoms with E-state index in [0.29, 0.717) is 12.5 Å². The Hall–Kier alpha value is -2.06. The number of nitrogens with zero attached hydrogens (tertiary/aromatic N) is 1. The van der Waals surface area contributed by atoms with Crippen LogP contribution in [0, 0.1) is 6.92 Å². The first-order valence-electron chi connectivity index (χ1n) is 6.89. The second-order valence-electron chi connectivity index (χ2n) is 5.01. The number of benzene rings is 2. The van der Waals surface area contributed by atoms with Gasteiger partial charge >= 0.3 is 0 Å². The number of para-hydroxylation sites is 1. The van der Waals surface area contributed by atoms with E-state index in [9.17, 15) is 0 Å². The van der Waals surface area contributed by atoms with Crippen LogP contribution in [-0.4, -0.2) is 4.98 Å². The summed E-state index contributed by atoms with van der Waals surface area (Å²) in [4.78, 5) is 4.55. The average molecular weight is 298 g/mol. The first kappa shape index (κ1) is 13.9. The number of alkyl halides is 1. The van der Waals surface area contributed by atoms with Gasteiger partial charge in [-0.05, 0) is 36.8 Å². The van der Waals surface area contributed by atoms with E-state index in [0.717, 1.165) is 33.5 Å². The Labute approximate surface area is 129 Å². The lowest BCUT2D eigenvalue weighted by molar-refractivity contribution is 0.307. The fourth-order valence-corrected chi connectivity index (χ4v) is 2.56. The average Bonchev–Trinajstić information content (AvgIpc) is 2.52. The summed E-state index contributed by atoms with van der Waals surface area (Å²) in [5.41, 5.74) is 4.21. The molecule has 0 aliphatic carbocycles. The van der Waals surface area contributed by atoms with Gasteiger partial charge in [0, 0.05) is 22.5 Å². The van der Waals surface area contributed by atoms with Crippen molar-refractivity contribution in [1.82, 2.24) is 4.98 Å². The van der Waals surface area contributed by atoms with Gasteiger partial charge in [-0.2, -0.15) is 0 Å². The molecule has 1 heterocycles. The van der Waals surface area contributed by atoms with Crippen LogP contribution in [0.15, 0.2) is 54.6 Å². The van der Waals surface area contributed by atoms with Crippen molar-refractivity contribution in [3.63, 3.8) is 0 Å². The first-order chi connectivity index (χ1) is 10.3. The number of halogens is 1. The molecule has 0 aliphatic heterocycles. The number of hydrogen-bond donors (Lipinski definition) is 0. The Morgan fingerprint density at radius 1 is 1.05 bits per heavy atom. The van der Waals surface area contributed by atoms with E-state index >= 15 is 0 Å². The van der Waals surface area contributed by atoms with Crippen LogP contribution in [0.4, 0.5) is 0 Å². The highest BCUT2D eigenvalue weighted by atomic mass is 35.5. The molecule has 1 aromatic heterocycles. The summed E-state index contributed by atoms with van der Waals surface area (Å²) in [6.07, 6.45) is 0. The lowest BCUT2D eigenvalue weighted by Crippen LogP contribution is -1.99. The van der Waals surface area contributed by atoms with E-state index < -0.39 is 0 Å². The molecule has 0 amide bonds. The van der Waals surface area contributed by atoms with Crippen molar-refractivity contribution < 1.29 is 4.74 Å². The Bertz CT molecular complexity index is 770. The minimum atomic E-state index is 0.495. The van der Waals surface area contributed by atoms with Crippen LogP contribution in [0.5, 0.6) is 5.75 Å². The van der Waals surface area contributed by atoms with E-state index in [1.165, 1.54) is 0 Å². The number of hydrogen-bond acceptors (Lipinski definition) is 2. The van der Waals surface area contributed by atoms with Crippen molar-refractivity contribution >= 4 is 22.5 Å². The van der Waals surface area contributed by atoms with E-state index in [4.69, 9.17) is 16.3 Å². The molecule has 0 N–H and O–H groups in total. The fraction of sp³-hybridized carbons (Fsp3) is 0.167. The van der Waals surface area contributed by atoms with Crippen molar-refractivity contribution in [3.8, 4) is 5.75 Å². The lowest BCUT2D eigenvalue weighted by atomic mass is 10.1. The van der Waals surface area contributed by atoms with Crippen LogP contribution in [0.1, 0.15) is 16.8 Å². The minimum absolute atomic E-state index is 0.495. The largest absolute Gasteiger partial charge is 0.489 e. The van der Waals surface area contributed by atoms with Gasteiger partial charge in [0.25, 0.3) is 0 Å². The summed E-state index contributed by atoms with van der Waals surface area (Å²) < 4.78 is 5.91. The summed E-state index contributed by atoms with van der Waals surface area (Å²) >= 11 is 5.85. The maximum atomic E-state index is 5.91. The van der Waals surface area contributed by atoms with Gasteiger partial charge in [-0.3, -0.25) is 4.98 Å². The standard InChI is InChI=1S/C18H16ClNO/c1-13-9-15(17-7-2-3-8-18(17)20-13)12-21-16-6-4-5-14(10-16)11-19/h2-10H,11-12H2,1H3. The van der Waals surface area contributed by atoms with Crippen molar-refractivity contribution in [2.75, 3.05) is 0 Å². The van der Waals surface area contributed by atoms with E-state index in [2.05, 4.69) is 17.1 Å². The monoisotopic (exact) mass is 297 g/mol. The highest BCUT2D eigenvalue weighted by Gasteiger charge is 2.05. The zero-order valence-electron chi connectivity index (χ0n) is 11.8. The summed E-state index contributed by atoms with van der Waals surface area (Å²) in [5.74, 6) is 1.33. The van der Waals surface area contributed by atoms with E-state index in [1.54, 1.807) is 0 Å². The van der Waals surface area contributed by atoms with Crippen LogP contribution in [-0.2, 0) is 12.5 Å². The third-order valence-corrected chi connectivity index (χ3v) is 3.69. The number of ether oxygens (including phenoxy) is 1. The molecule has 2 aromatic carbocycles. The summed E-state index contributed by atoms with van der Waals surface area (Å²) in [7, 11) is 0. The predicted molar refractivity (Wildman–Crippen MR) is 86.8 cm³/mol. The van der Waals surface area contributed by atoms with Crippen molar-refractivity contribution in [1.29, 1.82) is 0 Å². The van der Waals surface area contributed by atoms with Crippen LogP contribution < -0.4 is 4.74 Å². The molecule has 3 aromatic rings. The van der Waals surface area contributed by atoms with Crippen molar-refractivity contribution in [2.45, 2.75) is 19.4 Å². The molecule has 0 aliphatic rings. The predicted octanol–water partition coefficient (Wildman–Crippen LogP) is 4.86. The van der Waals surface area contributed by atoms with Gasteiger partial charge in [0.15, 0.2) is 0 Å². The summed E-state index contributed by atoms with van der Waals surface area (Å²) in [6.45, 7) is 2.53. The van der Waals surface area contributed by atoms with Crippen LogP contribution >= 0.6 is 11.6 Å². The van der Waals surface area contributed by atoms with E-state index in [1.807, 2.05) is 49.4 Å². The van der Waals surface area contributed by atoms with Gasteiger partial charge in [0.2, 0.25) is 0 Å². The zero-order chi connectivity index (χ0) is 14.7. The smallest absolute Gasteiger partial charge is 0.120 e. The fourth-order valence-electron chi connectivity index (χ4n) is 2.39. The SMILES string of the molecule is Cc1cc(COc2cccc(CCl)c2)c2ccccc2n1. The topological polar surface area (TPSA) is 22.1 Å². The third-order valence-electron chi connectivity index (χ3n) is 3.38. The number of pyridine rings is 1. The van der Waals surface area contributed by atoms with Gasteiger partial charge in [0.05, 0.1) is 5.52 Å². The molecule has 0 saturated heterocycles. The Balaban J connectivity index is 1.87. The number of rotatable bonds is 4. The second kappa shape index (κ2) is 6.15. The molecule has 0 spiro atoms. The summed E-state index contributed by atoms with van der Waals surface area (Å²) in [6, 6.07) is 18.1. The van der Waals surface area contributed by atoms with Gasteiger partial charge in [-0.25, -0.2) is 0 Å². The quantitative estimate of drug-likeness (QED) is 0.642. The molecular formula is C18H16ClNO. The molecule has 21 heavy (non-hydrogen) atoms. The van der Waals surface area contributed by atoms with Gasteiger partial charge in [-0.15, -0.1) is 11.6 Å². The molecule has 0 unspecified atom stereocenters. The molecule has 2 nitrogen and oxygen atoms in total. The van der Waals surface area contributed by atoms with Gasteiger partial charge in [-0.1, -0.05) is 30.3 Å². The minimum Gasteiger partial charge on any atom is -0.489 e. The van der Waals surface area contributed by atoms with Crippen LogP contribution in [0.3, 0.4) is 0 Å². The molecule has 0 radical (unpaired) electrons. The zero-order valence-corrected chi connectivity index (χ0v) is 12.6. The molecule has 3 heteroatoms. The third kappa shape index (κ3) is 3.17. The van der Waals surface area contributed by atoms with Crippen molar-refractivity contribution in [3.05, 3.63) is 71.4 Å². The Morgan fingerprint density at radius 3 is 2.76 bits per heavy atom. The first-order valence-corrected chi connectivity index (χ1v) is 7.42. The lowest BCUT2D eigenvalue weighted by Gasteiger charge is -2.10. The molecule has 0 atom stereocenters. The van der Waals surface area contributed by atoms with Crippen molar-refractivity contribution in [2.24, 2.45) is 0 Å². The molecule has 3 rings (SSSR count). The Morgan fingerprint density at radius 2 is 1.90 bits per heavy atom. The number of fused-ring (bicyclic) bond motifs is 1. The van der Waals surface area contributed by atoms with Crippen LogP contribution in [0.25, 0.3) is 10.9 Å². The van der Waals surface area contributed by atoms with Gasteiger partial charge < -0.3 is 4.74 Å². The molecule has 106 valence electrons. The summed E-state index contributed by atoms with van der Waals surface area (Å²) in [5, 5.41) is 1.14.